The second-order valence-electron chi connectivity index (χ2n) is 8.81. The second-order valence-corrected chi connectivity index (χ2v) is 14.7. The molecule has 196 valence electrons. The van der Waals surface area contributed by atoms with Gasteiger partial charge in [0.25, 0.3) is 10.0 Å². The summed E-state index contributed by atoms with van der Waals surface area (Å²) in [5.74, 6) is 0.534. The van der Waals surface area contributed by atoms with Crippen LogP contribution in [0.15, 0.2) is 70.8 Å². The Morgan fingerprint density at radius 1 is 0.946 bits per heavy atom. The molecule has 3 aromatic heterocycles. The first kappa shape index (κ1) is 25.8. The topological polar surface area (TPSA) is 164 Å². The van der Waals surface area contributed by atoms with Crippen molar-refractivity contribution in [2.45, 2.75) is 35.6 Å². The van der Waals surface area contributed by atoms with E-state index in [1.165, 1.54) is 34.7 Å². The SMILES string of the molecule is Cc1cc2c(-c3ncc(S(=O)(=O)NC4CCS(O)(O)CC4)cn3)ccnc2n1S(=O)(=O)c1ccccc1. The molecule has 0 atom stereocenters. The Morgan fingerprint density at radius 3 is 2.24 bits per heavy atom. The molecule has 14 heteroatoms. The number of nitrogens with one attached hydrogen (secondary N) is 1. The van der Waals surface area contributed by atoms with Gasteiger partial charge in [0, 0.05) is 40.4 Å². The molecule has 11 nitrogen and oxygen atoms in total. The van der Waals surface area contributed by atoms with Crippen molar-refractivity contribution in [3.8, 4) is 11.4 Å². The third kappa shape index (κ3) is 5.00. The van der Waals surface area contributed by atoms with Gasteiger partial charge in [0.15, 0.2) is 11.5 Å². The van der Waals surface area contributed by atoms with Crippen LogP contribution in [0.4, 0.5) is 0 Å². The molecule has 1 fully saturated rings. The van der Waals surface area contributed by atoms with Crippen LogP contribution in [0.3, 0.4) is 0 Å². The number of nitrogens with zero attached hydrogens (tertiary/aromatic N) is 4. The van der Waals surface area contributed by atoms with Gasteiger partial charge in [-0.05, 0) is 44.0 Å². The normalized spacial score (nSPS) is 17.6. The highest BCUT2D eigenvalue weighted by Gasteiger charge is 2.29. The molecular weight excluding hydrogens is 538 g/mol. The highest BCUT2D eigenvalue weighted by molar-refractivity contribution is 8.24. The van der Waals surface area contributed by atoms with E-state index in [0.717, 1.165) is 0 Å². The molecule has 0 radical (unpaired) electrons. The number of hydrogen-bond donors (Lipinski definition) is 3. The summed E-state index contributed by atoms with van der Waals surface area (Å²) in [4.78, 5) is 12.8. The van der Waals surface area contributed by atoms with Crippen molar-refractivity contribution in [1.82, 2.24) is 23.6 Å². The molecule has 0 amide bonds. The zero-order chi connectivity index (χ0) is 26.4. The molecule has 0 spiro atoms. The fourth-order valence-electron chi connectivity index (χ4n) is 4.30. The maximum atomic E-state index is 13.3. The molecule has 0 aliphatic carbocycles. The third-order valence-electron chi connectivity index (χ3n) is 6.20. The fourth-order valence-corrected chi connectivity index (χ4v) is 8.54. The molecular formula is C23H25N5O6S3. The minimum absolute atomic E-state index is 0.126. The van der Waals surface area contributed by atoms with Crippen molar-refractivity contribution in [3.63, 3.8) is 0 Å². The van der Waals surface area contributed by atoms with Crippen LogP contribution in [0, 0.1) is 6.92 Å². The van der Waals surface area contributed by atoms with Crippen molar-refractivity contribution in [2.75, 3.05) is 11.5 Å². The van der Waals surface area contributed by atoms with Crippen LogP contribution in [-0.4, -0.2) is 62.4 Å². The quantitative estimate of drug-likeness (QED) is 0.319. The van der Waals surface area contributed by atoms with Gasteiger partial charge in [0.1, 0.15) is 4.90 Å². The number of sulfonamides is 1. The molecule has 37 heavy (non-hydrogen) atoms. The molecule has 0 bridgehead atoms. The number of hydrogen-bond acceptors (Lipinski definition) is 9. The highest BCUT2D eigenvalue weighted by Crippen LogP contribution is 2.44. The summed E-state index contributed by atoms with van der Waals surface area (Å²) in [5.41, 5.74) is 1.17. The van der Waals surface area contributed by atoms with Crippen LogP contribution in [0.5, 0.6) is 0 Å². The molecule has 4 aromatic rings. The van der Waals surface area contributed by atoms with E-state index >= 15 is 0 Å². The smallest absolute Gasteiger partial charge is 0.269 e. The number of fused-ring (bicyclic) bond motifs is 1. The molecule has 1 aliphatic rings. The summed E-state index contributed by atoms with van der Waals surface area (Å²) in [6.07, 6.45) is 4.50. The molecule has 0 unspecified atom stereocenters. The summed E-state index contributed by atoms with van der Waals surface area (Å²) < 4.78 is 75.5. The Balaban J connectivity index is 1.46. The minimum atomic E-state index is -3.92. The molecule has 4 heterocycles. The Labute approximate surface area is 216 Å². The van der Waals surface area contributed by atoms with Gasteiger partial charge in [-0.2, -0.15) is 10.6 Å². The van der Waals surface area contributed by atoms with Gasteiger partial charge in [-0.25, -0.2) is 40.5 Å². The zero-order valence-corrected chi connectivity index (χ0v) is 22.2. The van der Waals surface area contributed by atoms with Crippen LogP contribution in [0.25, 0.3) is 22.4 Å². The molecule has 3 N–H and O–H groups in total. The highest BCUT2D eigenvalue weighted by atomic mass is 32.3. The maximum absolute atomic E-state index is 13.3. The van der Waals surface area contributed by atoms with Crippen LogP contribution in [0.1, 0.15) is 18.5 Å². The second kappa shape index (κ2) is 9.45. The Kier molecular flexibility index (Phi) is 6.58. The van der Waals surface area contributed by atoms with E-state index in [9.17, 15) is 25.9 Å². The van der Waals surface area contributed by atoms with E-state index in [1.54, 1.807) is 37.3 Å². The molecule has 1 aliphatic heterocycles. The number of pyridine rings is 1. The fraction of sp³-hybridized carbons (Fsp3) is 0.261. The summed E-state index contributed by atoms with van der Waals surface area (Å²) in [6.45, 7) is 1.67. The zero-order valence-electron chi connectivity index (χ0n) is 19.7. The third-order valence-corrected chi connectivity index (χ3v) is 11.3. The Morgan fingerprint density at radius 2 is 1.59 bits per heavy atom. The average Bonchev–Trinajstić information content (AvgIpc) is 3.22. The monoisotopic (exact) mass is 563 g/mol. The minimum Gasteiger partial charge on any atom is -0.299 e. The van der Waals surface area contributed by atoms with E-state index in [2.05, 4.69) is 19.7 Å². The predicted octanol–water partition coefficient (Wildman–Crippen LogP) is 3.23. The van der Waals surface area contributed by atoms with Crippen LogP contribution < -0.4 is 4.72 Å². The first-order valence-electron chi connectivity index (χ1n) is 11.3. The van der Waals surface area contributed by atoms with Gasteiger partial charge in [-0.1, -0.05) is 18.2 Å². The van der Waals surface area contributed by atoms with Gasteiger partial charge in [-0.3, -0.25) is 9.11 Å². The van der Waals surface area contributed by atoms with Crippen molar-refractivity contribution in [1.29, 1.82) is 0 Å². The standard InChI is InChI=1S/C23H25N5O6S3/c1-16-13-21-20(7-10-24-23(21)28(16)37(33,34)18-5-3-2-4-6-18)22-25-14-19(15-26-22)36(31,32)27-17-8-11-35(29,30)12-9-17/h2-7,10,13-15,17,27,29-30H,8-9,11-12H2,1H3. The van der Waals surface area contributed by atoms with E-state index in [1.807, 2.05) is 0 Å². The first-order valence-corrected chi connectivity index (χ1v) is 16.1. The van der Waals surface area contributed by atoms with Crippen LogP contribution in [-0.2, 0) is 20.0 Å². The van der Waals surface area contributed by atoms with E-state index in [-0.39, 0.29) is 32.8 Å². The lowest BCUT2D eigenvalue weighted by Gasteiger charge is -2.39. The van der Waals surface area contributed by atoms with Gasteiger partial charge < -0.3 is 0 Å². The van der Waals surface area contributed by atoms with Gasteiger partial charge in [-0.15, -0.1) is 0 Å². The van der Waals surface area contributed by atoms with Crippen LogP contribution in [0.2, 0.25) is 0 Å². The lowest BCUT2D eigenvalue weighted by molar-refractivity contribution is 0.444. The summed E-state index contributed by atoms with van der Waals surface area (Å²) in [5, 5.41) is 0.509. The van der Waals surface area contributed by atoms with Crippen LogP contribution >= 0.6 is 10.6 Å². The molecule has 1 aromatic carbocycles. The summed E-state index contributed by atoms with van der Waals surface area (Å²) >= 11 is 0. The van der Waals surface area contributed by atoms with Crippen molar-refractivity contribution in [2.24, 2.45) is 0 Å². The van der Waals surface area contributed by atoms with Gasteiger partial charge >= 0.3 is 0 Å². The van der Waals surface area contributed by atoms with Crippen molar-refractivity contribution < 1.29 is 25.9 Å². The Hall–Kier alpha value is -2.88. The Bertz CT molecular complexity index is 1660. The first-order chi connectivity index (χ1) is 17.5. The summed E-state index contributed by atoms with van der Waals surface area (Å²) in [6, 6.07) is 11.0. The van der Waals surface area contributed by atoms with E-state index in [0.29, 0.717) is 29.5 Å². The number of rotatable bonds is 6. The number of benzene rings is 1. The number of aryl methyl sites for hydroxylation is 1. The predicted molar refractivity (Wildman–Crippen MR) is 140 cm³/mol. The molecule has 0 saturated carbocycles. The van der Waals surface area contributed by atoms with Crippen molar-refractivity contribution in [3.05, 3.63) is 66.7 Å². The summed E-state index contributed by atoms with van der Waals surface area (Å²) in [7, 11) is -10.4. The van der Waals surface area contributed by atoms with Gasteiger partial charge in [0.2, 0.25) is 10.0 Å². The average molecular weight is 564 g/mol. The largest absolute Gasteiger partial charge is 0.299 e. The maximum Gasteiger partial charge on any atom is 0.269 e. The molecule has 1 saturated heterocycles. The lowest BCUT2D eigenvalue weighted by Crippen LogP contribution is -2.39. The van der Waals surface area contributed by atoms with Crippen molar-refractivity contribution >= 4 is 41.7 Å². The van der Waals surface area contributed by atoms with E-state index in [4.69, 9.17) is 0 Å². The molecule has 5 rings (SSSR count). The van der Waals surface area contributed by atoms with E-state index < -0.39 is 36.7 Å². The number of aromatic nitrogens is 4. The van der Waals surface area contributed by atoms with Gasteiger partial charge in [0.05, 0.1) is 17.3 Å². The lowest BCUT2D eigenvalue weighted by atomic mass is 10.1.